The van der Waals surface area contributed by atoms with Crippen molar-refractivity contribution >= 4 is 17.3 Å². The van der Waals surface area contributed by atoms with Crippen LogP contribution in [0, 0.1) is 10.1 Å². The van der Waals surface area contributed by atoms with Gasteiger partial charge in [0.15, 0.2) is 12.4 Å². The van der Waals surface area contributed by atoms with Gasteiger partial charge in [-0.05, 0) is 24.6 Å². The molecule has 0 fully saturated rings. The third kappa shape index (κ3) is 4.20. The molecule has 0 unspecified atom stereocenters. The SMILES string of the molecule is C/C(=N/NC(=O)C[n+]1ccccc1)c1ccc([N+](=O)[O-])cc1. The van der Waals surface area contributed by atoms with Crippen LogP contribution in [0.2, 0.25) is 0 Å². The number of carbonyl (C=O) groups excluding carboxylic acids is 1. The van der Waals surface area contributed by atoms with Crippen LogP contribution in [0.25, 0.3) is 0 Å². The van der Waals surface area contributed by atoms with E-state index in [0.717, 1.165) is 0 Å². The third-order valence-corrected chi connectivity index (χ3v) is 2.95. The number of nitro groups is 1. The minimum Gasteiger partial charge on any atom is -0.266 e. The number of benzene rings is 1. The first-order valence-electron chi connectivity index (χ1n) is 6.58. The number of non-ortho nitro benzene ring substituents is 1. The summed E-state index contributed by atoms with van der Waals surface area (Å²) < 4.78 is 1.73. The van der Waals surface area contributed by atoms with E-state index in [1.165, 1.54) is 12.1 Å². The highest BCUT2D eigenvalue weighted by molar-refractivity contribution is 5.99. The van der Waals surface area contributed by atoms with Crippen molar-refractivity contribution in [3.05, 3.63) is 70.5 Å². The molecule has 7 heteroatoms. The molecule has 1 N–H and O–H groups in total. The highest BCUT2D eigenvalue weighted by atomic mass is 16.6. The summed E-state index contributed by atoms with van der Waals surface area (Å²) in [6.07, 6.45) is 3.57. The van der Waals surface area contributed by atoms with Crippen LogP contribution in [0.3, 0.4) is 0 Å². The first-order chi connectivity index (χ1) is 10.6. The molecule has 0 aliphatic rings. The van der Waals surface area contributed by atoms with Crippen LogP contribution in [-0.2, 0) is 11.3 Å². The third-order valence-electron chi connectivity index (χ3n) is 2.95. The van der Waals surface area contributed by atoms with E-state index in [2.05, 4.69) is 10.5 Å². The Bertz CT molecular complexity index is 696. The molecule has 7 nitrogen and oxygen atoms in total. The summed E-state index contributed by atoms with van der Waals surface area (Å²) in [5, 5.41) is 14.6. The monoisotopic (exact) mass is 299 g/mol. The van der Waals surface area contributed by atoms with E-state index in [1.54, 1.807) is 36.0 Å². The molecule has 0 saturated heterocycles. The second-order valence-electron chi connectivity index (χ2n) is 4.58. The standard InChI is InChI=1S/C15H14N4O3/c1-12(13-5-7-14(8-6-13)19(21)22)16-17-15(20)11-18-9-3-2-4-10-18/h2-10H,11H2,1H3/p+1/b16-12-. The van der Waals surface area contributed by atoms with Crippen LogP contribution < -0.4 is 9.99 Å². The van der Waals surface area contributed by atoms with Gasteiger partial charge in [-0.1, -0.05) is 6.07 Å². The smallest absolute Gasteiger partial charge is 0.266 e. The topological polar surface area (TPSA) is 88.5 Å². The number of nitrogens with zero attached hydrogens (tertiary/aromatic N) is 3. The van der Waals surface area contributed by atoms with E-state index >= 15 is 0 Å². The minimum absolute atomic E-state index is 0.0149. The van der Waals surface area contributed by atoms with E-state index in [4.69, 9.17) is 0 Å². The Morgan fingerprint density at radius 3 is 2.45 bits per heavy atom. The van der Waals surface area contributed by atoms with Gasteiger partial charge in [0.1, 0.15) is 0 Å². The second-order valence-corrected chi connectivity index (χ2v) is 4.58. The predicted molar refractivity (Wildman–Crippen MR) is 80.1 cm³/mol. The molecule has 22 heavy (non-hydrogen) atoms. The lowest BCUT2D eigenvalue weighted by atomic mass is 10.1. The van der Waals surface area contributed by atoms with E-state index in [-0.39, 0.29) is 18.1 Å². The van der Waals surface area contributed by atoms with Crippen molar-refractivity contribution in [2.45, 2.75) is 13.5 Å². The maximum Gasteiger partial charge on any atom is 0.305 e. The Balaban J connectivity index is 1.97. The van der Waals surface area contributed by atoms with Crippen LogP contribution in [-0.4, -0.2) is 16.5 Å². The summed E-state index contributed by atoms with van der Waals surface area (Å²) in [5.74, 6) is -0.252. The normalized spacial score (nSPS) is 11.0. The van der Waals surface area contributed by atoms with E-state index in [0.29, 0.717) is 11.3 Å². The van der Waals surface area contributed by atoms with Crippen molar-refractivity contribution in [1.29, 1.82) is 0 Å². The number of nitro benzene ring substituents is 1. The number of carbonyl (C=O) groups is 1. The summed E-state index contributed by atoms with van der Waals surface area (Å²) >= 11 is 0. The van der Waals surface area contributed by atoms with E-state index < -0.39 is 4.92 Å². The number of rotatable bonds is 5. The summed E-state index contributed by atoms with van der Waals surface area (Å²) in [6, 6.07) is 11.5. The van der Waals surface area contributed by atoms with Crippen molar-refractivity contribution in [1.82, 2.24) is 5.43 Å². The Morgan fingerprint density at radius 2 is 1.86 bits per heavy atom. The Morgan fingerprint density at radius 1 is 1.23 bits per heavy atom. The van der Waals surface area contributed by atoms with Gasteiger partial charge in [0.2, 0.25) is 6.54 Å². The van der Waals surface area contributed by atoms with Crippen LogP contribution in [0.1, 0.15) is 12.5 Å². The molecular weight excluding hydrogens is 284 g/mol. The number of nitrogens with one attached hydrogen (secondary N) is 1. The molecule has 0 radical (unpaired) electrons. The van der Waals surface area contributed by atoms with Crippen molar-refractivity contribution < 1.29 is 14.3 Å². The van der Waals surface area contributed by atoms with Crippen molar-refractivity contribution in [3.63, 3.8) is 0 Å². The molecule has 112 valence electrons. The summed E-state index contributed by atoms with van der Waals surface area (Å²) in [7, 11) is 0. The number of pyridine rings is 1. The average Bonchev–Trinajstić information content (AvgIpc) is 2.53. The summed E-state index contributed by atoms with van der Waals surface area (Å²) in [6.45, 7) is 1.88. The van der Waals surface area contributed by atoms with Gasteiger partial charge in [0.25, 0.3) is 5.69 Å². The lowest BCUT2D eigenvalue weighted by Crippen LogP contribution is -2.41. The zero-order valence-corrected chi connectivity index (χ0v) is 12.0. The number of hydrazone groups is 1. The Hall–Kier alpha value is -3.09. The van der Waals surface area contributed by atoms with Crippen LogP contribution in [0.4, 0.5) is 5.69 Å². The van der Waals surface area contributed by atoms with Gasteiger partial charge in [-0.3, -0.25) is 14.9 Å². The minimum atomic E-state index is -0.463. The zero-order valence-electron chi connectivity index (χ0n) is 12.0. The maximum absolute atomic E-state index is 11.8. The lowest BCUT2D eigenvalue weighted by molar-refractivity contribution is -0.684. The van der Waals surface area contributed by atoms with Gasteiger partial charge in [0, 0.05) is 24.3 Å². The highest BCUT2D eigenvalue weighted by Gasteiger charge is 2.08. The number of hydrogen-bond acceptors (Lipinski definition) is 4. The van der Waals surface area contributed by atoms with Crippen LogP contribution in [0.5, 0.6) is 0 Å². The number of aromatic nitrogens is 1. The molecule has 1 amide bonds. The van der Waals surface area contributed by atoms with Gasteiger partial charge in [-0.2, -0.15) is 9.67 Å². The first-order valence-corrected chi connectivity index (χ1v) is 6.58. The molecule has 2 rings (SSSR count). The molecule has 1 heterocycles. The summed E-state index contributed by atoms with van der Waals surface area (Å²) in [4.78, 5) is 21.9. The van der Waals surface area contributed by atoms with Gasteiger partial charge < -0.3 is 0 Å². The lowest BCUT2D eigenvalue weighted by Gasteiger charge is -2.01. The fourth-order valence-corrected chi connectivity index (χ4v) is 1.78. The quantitative estimate of drug-likeness (QED) is 0.392. The maximum atomic E-state index is 11.8. The summed E-state index contributed by atoms with van der Waals surface area (Å²) in [5.41, 5.74) is 3.75. The molecular formula is C15H15N4O3+. The second kappa shape index (κ2) is 7.07. The number of amides is 1. The largest absolute Gasteiger partial charge is 0.305 e. The fraction of sp³-hybridized carbons (Fsp3) is 0.133. The number of hydrogen-bond donors (Lipinski definition) is 1. The van der Waals surface area contributed by atoms with Gasteiger partial charge in [-0.25, -0.2) is 5.43 Å². The highest BCUT2D eigenvalue weighted by Crippen LogP contribution is 2.12. The fourth-order valence-electron chi connectivity index (χ4n) is 1.78. The average molecular weight is 299 g/mol. The Labute approximate surface area is 127 Å². The van der Waals surface area contributed by atoms with Crippen molar-refractivity contribution in [2.24, 2.45) is 5.10 Å². The molecule has 1 aromatic carbocycles. The van der Waals surface area contributed by atoms with E-state index in [1.807, 2.05) is 18.2 Å². The van der Waals surface area contributed by atoms with Crippen molar-refractivity contribution in [3.8, 4) is 0 Å². The van der Waals surface area contributed by atoms with Gasteiger partial charge >= 0.3 is 5.91 Å². The molecule has 0 spiro atoms. The molecule has 2 aromatic rings. The predicted octanol–water partition coefficient (Wildman–Crippen LogP) is 1.42. The van der Waals surface area contributed by atoms with Crippen molar-refractivity contribution in [2.75, 3.05) is 0 Å². The molecule has 0 aliphatic heterocycles. The zero-order chi connectivity index (χ0) is 15.9. The van der Waals surface area contributed by atoms with Gasteiger partial charge in [-0.15, -0.1) is 0 Å². The van der Waals surface area contributed by atoms with Gasteiger partial charge in [0.05, 0.1) is 10.6 Å². The molecule has 0 aliphatic carbocycles. The Kier molecular flexibility index (Phi) is 4.92. The van der Waals surface area contributed by atoms with E-state index in [9.17, 15) is 14.9 Å². The van der Waals surface area contributed by atoms with Crippen LogP contribution in [0.15, 0.2) is 60.0 Å². The molecule has 0 atom stereocenters. The van der Waals surface area contributed by atoms with Crippen LogP contribution >= 0.6 is 0 Å². The molecule has 0 bridgehead atoms. The first kappa shape index (κ1) is 15.3. The molecule has 0 saturated carbocycles. The molecule has 1 aromatic heterocycles.